The first kappa shape index (κ1) is 10.4. The molecule has 1 rings (SSSR count). The lowest BCUT2D eigenvalue weighted by atomic mass is 10.5. The van der Waals surface area contributed by atoms with E-state index >= 15 is 0 Å². The highest BCUT2D eigenvalue weighted by molar-refractivity contribution is 8.02. The van der Waals surface area contributed by atoms with Crippen LogP contribution in [0.2, 0.25) is 0 Å². The molecule has 0 bridgehead atoms. The van der Waals surface area contributed by atoms with Crippen molar-refractivity contribution in [3.63, 3.8) is 0 Å². The normalized spacial score (nSPS) is 12.5. The molecule has 0 aromatic carbocycles. The summed E-state index contributed by atoms with van der Waals surface area (Å²) >= 11 is 2.80. The van der Waals surface area contributed by atoms with Gasteiger partial charge in [0, 0.05) is 0 Å². The van der Waals surface area contributed by atoms with Gasteiger partial charge in [0.25, 0.3) is 0 Å². The molecule has 0 saturated heterocycles. The summed E-state index contributed by atoms with van der Waals surface area (Å²) in [6.45, 7) is 1.66. The Balaban J connectivity index is 2.68. The minimum atomic E-state index is -0.805. The summed E-state index contributed by atoms with van der Waals surface area (Å²) in [4.78, 5) is 10.6. The summed E-state index contributed by atoms with van der Waals surface area (Å²) in [5.74, 6) is -0.0523. The second-order valence-electron chi connectivity index (χ2n) is 2.37. The van der Waals surface area contributed by atoms with Gasteiger partial charge in [-0.3, -0.25) is 4.79 Å². The maximum Gasteiger partial charge on any atom is 0.316 e. The van der Waals surface area contributed by atoms with Crippen LogP contribution >= 0.6 is 23.1 Å². The van der Waals surface area contributed by atoms with Crippen LogP contribution in [0.5, 0.6) is 5.75 Å². The molecule has 1 unspecified atom stereocenters. The van der Waals surface area contributed by atoms with Crippen LogP contribution in [-0.2, 0) is 4.79 Å². The van der Waals surface area contributed by atoms with Crippen LogP contribution in [0.1, 0.15) is 6.92 Å². The number of aliphatic carboxylic acids is 1. The molecule has 0 aliphatic heterocycles. The zero-order valence-electron chi connectivity index (χ0n) is 7.31. The lowest BCUT2D eigenvalue weighted by Crippen LogP contribution is -2.10. The van der Waals surface area contributed by atoms with Crippen molar-refractivity contribution < 1.29 is 14.6 Å². The Morgan fingerprint density at radius 2 is 2.46 bits per heavy atom. The predicted octanol–water partition coefficient (Wildman–Crippen LogP) is 2.32. The van der Waals surface area contributed by atoms with Crippen molar-refractivity contribution >= 4 is 29.1 Å². The van der Waals surface area contributed by atoms with Crippen molar-refractivity contribution in [2.24, 2.45) is 0 Å². The topological polar surface area (TPSA) is 46.5 Å². The first-order valence-corrected chi connectivity index (χ1v) is 5.42. The highest BCUT2D eigenvalue weighted by atomic mass is 32.2. The molecule has 13 heavy (non-hydrogen) atoms. The number of methoxy groups -OCH3 is 1. The van der Waals surface area contributed by atoms with E-state index < -0.39 is 11.2 Å². The molecular formula is C8H10O3S2. The number of carbonyl (C=O) groups is 1. The van der Waals surface area contributed by atoms with E-state index in [1.54, 1.807) is 14.0 Å². The number of thioether (sulfide) groups is 1. The molecule has 1 aromatic heterocycles. The first-order chi connectivity index (χ1) is 6.15. The molecule has 0 saturated carbocycles. The van der Waals surface area contributed by atoms with E-state index in [2.05, 4.69) is 0 Å². The minimum absolute atomic E-state index is 0.437. The van der Waals surface area contributed by atoms with Crippen LogP contribution in [0.15, 0.2) is 15.7 Å². The van der Waals surface area contributed by atoms with Crippen molar-refractivity contribution in [1.29, 1.82) is 0 Å². The molecule has 1 N–H and O–H groups in total. The highest BCUT2D eigenvalue weighted by Crippen LogP contribution is 2.36. The minimum Gasteiger partial charge on any atom is -0.495 e. The number of carboxylic acid groups (broad SMARTS) is 1. The average molecular weight is 218 g/mol. The SMILES string of the molecule is COc1ccsc1SC(C)C(=O)O. The first-order valence-electron chi connectivity index (χ1n) is 3.66. The summed E-state index contributed by atoms with van der Waals surface area (Å²) in [6, 6.07) is 1.83. The Hall–Kier alpha value is -0.680. The lowest BCUT2D eigenvalue weighted by molar-refractivity contribution is -0.136. The number of thiophene rings is 1. The molecule has 0 aliphatic carbocycles. The number of ether oxygens (including phenoxy) is 1. The Bertz CT molecular complexity index is 295. The maximum atomic E-state index is 10.6. The monoisotopic (exact) mass is 218 g/mol. The van der Waals surface area contributed by atoms with E-state index in [1.807, 2.05) is 11.4 Å². The van der Waals surface area contributed by atoms with Gasteiger partial charge in [0.15, 0.2) is 0 Å². The van der Waals surface area contributed by atoms with Gasteiger partial charge in [-0.05, 0) is 18.4 Å². The van der Waals surface area contributed by atoms with E-state index in [1.165, 1.54) is 23.1 Å². The standard InChI is InChI=1S/C8H10O3S2/c1-5(7(9)10)13-8-6(11-2)3-4-12-8/h3-5H,1-2H3,(H,9,10). The van der Waals surface area contributed by atoms with Crippen molar-refractivity contribution in [2.75, 3.05) is 7.11 Å². The zero-order valence-corrected chi connectivity index (χ0v) is 8.95. The van der Waals surface area contributed by atoms with E-state index in [0.29, 0.717) is 0 Å². The molecule has 72 valence electrons. The van der Waals surface area contributed by atoms with Gasteiger partial charge in [-0.15, -0.1) is 11.3 Å². The number of carboxylic acids is 1. The third-order valence-electron chi connectivity index (χ3n) is 1.45. The van der Waals surface area contributed by atoms with Gasteiger partial charge >= 0.3 is 5.97 Å². The molecular weight excluding hydrogens is 208 g/mol. The van der Waals surface area contributed by atoms with E-state index in [9.17, 15) is 4.79 Å². The Morgan fingerprint density at radius 1 is 1.77 bits per heavy atom. The number of rotatable bonds is 4. The molecule has 0 aliphatic rings. The van der Waals surface area contributed by atoms with Gasteiger partial charge in [0.1, 0.15) is 15.2 Å². The third kappa shape index (κ3) is 2.63. The van der Waals surface area contributed by atoms with Crippen LogP contribution < -0.4 is 4.74 Å². The Morgan fingerprint density at radius 3 is 3.00 bits per heavy atom. The van der Waals surface area contributed by atoms with Gasteiger partial charge < -0.3 is 9.84 Å². The molecule has 0 radical (unpaired) electrons. The fourth-order valence-corrected chi connectivity index (χ4v) is 2.83. The second-order valence-corrected chi connectivity index (χ2v) is 4.90. The largest absolute Gasteiger partial charge is 0.495 e. The molecule has 0 amide bonds. The summed E-state index contributed by atoms with van der Waals surface area (Å²) in [7, 11) is 1.58. The average Bonchev–Trinajstić information content (AvgIpc) is 2.51. The van der Waals surface area contributed by atoms with Crippen LogP contribution in [-0.4, -0.2) is 23.4 Å². The van der Waals surface area contributed by atoms with Gasteiger partial charge in [-0.1, -0.05) is 11.8 Å². The van der Waals surface area contributed by atoms with Crippen LogP contribution in [0.4, 0.5) is 0 Å². The molecule has 1 heterocycles. The van der Waals surface area contributed by atoms with E-state index in [0.717, 1.165) is 9.96 Å². The molecule has 1 atom stereocenters. The van der Waals surface area contributed by atoms with Crippen molar-refractivity contribution in [2.45, 2.75) is 16.4 Å². The van der Waals surface area contributed by atoms with Crippen LogP contribution in [0, 0.1) is 0 Å². The summed E-state index contributed by atoms with van der Waals surface area (Å²) < 4.78 is 5.98. The zero-order chi connectivity index (χ0) is 9.84. The van der Waals surface area contributed by atoms with Gasteiger partial charge in [-0.2, -0.15) is 0 Å². The van der Waals surface area contributed by atoms with Crippen molar-refractivity contribution in [1.82, 2.24) is 0 Å². The van der Waals surface area contributed by atoms with Crippen molar-refractivity contribution in [3.05, 3.63) is 11.4 Å². The lowest BCUT2D eigenvalue weighted by Gasteiger charge is -2.05. The van der Waals surface area contributed by atoms with Gasteiger partial charge in [0.05, 0.1) is 7.11 Å². The second kappa shape index (κ2) is 4.53. The van der Waals surface area contributed by atoms with E-state index in [-0.39, 0.29) is 0 Å². The fraction of sp³-hybridized carbons (Fsp3) is 0.375. The summed E-state index contributed by atoms with van der Waals surface area (Å²) in [5, 5.41) is 10.1. The van der Waals surface area contributed by atoms with E-state index in [4.69, 9.17) is 9.84 Å². The summed E-state index contributed by atoms with van der Waals surface area (Å²) in [6.07, 6.45) is 0. The number of hydrogen-bond donors (Lipinski definition) is 1. The molecule has 3 nitrogen and oxygen atoms in total. The van der Waals surface area contributed by atoms with Crippen molar-refractivity contribution in [3.8, 4) is 5.75 Å². The predicted molar refractivity (Wildman–Crippen MR) is 53.8 cm³/mol. The summed E-state index contributed by atoms with van der Waals surface area (Å²) in [5.41, 5.74) is 0. The Labute approximate surface area is 84.7 Å². The fourth-order valence-electron chi connectivity index (χ4n) is 0.732. The van der Waals surface area contributed by atoms with Crippen LogP contribution in [0.25, 0.3) is 0 Å². The van der Waals surface area contributed by atoms with Crippen LogP contribution in [0.3, 0.4) is 0 Å². The molecule has 0 fully saturated rings. The smallest absolute Gasteiger partial charge is 0.316 e. The Kier molecular flexibility index (Phi) is 3.62. The van der Waals surface area contributed by atoms with Gasteiger partial charge in [-0.25, -0.2) is 0 Å². The molecule has 0 spiro atoms. The number of hydrogen-bond acceptors (Lipinski definition) is 4. The molecule has 5 heteroatoms. The molecule has 1 aromatic rings. The third-order valence-corrected chi connectivity index (χ3v) is 3.68. The quantitative estimate of drug-likeness (QED) is 0.788. The maximum absolute atomic E-state index is 10.6. The van der Waals surface area contributed by atoms with Gasteiger partial charge in [0.2, 0.25) is 0 Å². The highest BCUT2D eigenvalue weighted by Gasteiger charge is 2.15.